The molecule has 2 rings (SSSR count). The lowest BCUT2D eigenvalue weighted by atomic mass is 10.3. The van der Waals surface area contributed by atoms with Crippen molar-refractivity contribution in [2.75, 3.05) is 11.4 Å². The fraction of sp³-hybridized carbons (Fsp3) is 0.333. The van der Waals surface area contributed by atoms with Gasteiger partial charge < -0.3 is 4.90 Å². The van der Waals surface area contributed by atoms with Gasteiger partial charge in [0.1, 0.15) is 5.82 Å². The second kappa shape index (κ2) is 6.15. The first kappa shape index (κ1) is 14.0. The molecule has 2 aromatic rings. The lowest BCUT2D eigenvalue weighted by Crippen LogP contribution is -2.24. The molecule has 0 unspecified atom stereocenters. The molecule has 3 nitrogen and oxygen atoms in total. The van der Waals surface area contributed by atoms with E-state index in [0.29, 0.717) is 0 Å². The topological polar surface area (TPSA) is 29.0 Å². The zero-order chi connectivity index (χ0) is 13.8. The van der Waals surface area contributed by atoms with Crippen LogP contribution in [0.4, 0.5) is 5.82 Å². The second-order valence-electron chi connectivity index (χ2n) is 4.52. The maximum atomic E-state index is 4.61. The molecule has 0 amide bonds. The van der Waals surface area contributed by atoms with Gasteiger partial charge in [0.15, 0.2) is 0 Å². The van der Waals surface area contributed by atoms with Gasteiger partial charge in [0.05, 0.1) is 17.9 Å². The minimum atomic E-state index is 0.784. The van der Waals surface area contributed by atoms with Gasteiger partial charge in [-0.05, 0) is 61.0 Å². The van der Waals surface area contributed by atoms with Crippen molar-refractivity contribution < 1.29 is 0 Å². The summed E-state index contributed by atoms with van der Waals surface area (Å²) in [6.45, 7) is 7.85. The Morgan fingerprint density at radius 3 is 2.53 bits per heavy atom. The molecular formula is C15H18BrN3. The van der Waals surface area contributed by atoms with E-state index >= 15 is 0 Å². The van der Waals surface area contributed by atoms with Crippen molar-refractivity contribution in [3.63, 3.8) is 0 Å². The summed E-state index contributed by atoms with van der Waals surface area (Å²) in [5.74, 6) is 0.992. The van der Waals surface area contributed by atoms with Crippen molar-refractivity contribution in [2.24, 2.45) is 0 Å². The number of aromatic nitrogens is 2. The van der Waals surface area contributed by atoms with Gasteiger partial charge in [-0.2, -0.15) is 0 Å². The van der Waals surface area contributed by atoms with E-state index in [9.17, 15) is 0 Å². The van der Waals surface area contributed by atoms with Crippen LogP contribution >= 0.6 is 15.9 Å². The Bertz CT molecular complexity index is 569. The Morgan fingerprint density at radius 2 is 1.89 bits per heavy atom. The monoisotopic (exact) mass is 319 g/mol. The van der Waals surface area contributed by atoms with Crippen molar-refractivity contribution in [1.29, 1.82) is 0 Å². The SMILES string of the molecule is CCN(Cc1cccc(C)n1)c1ccc(Br)c(C)n1. The van der Waals surface area contributed by atoms with Crippen LogP contribution in [-0.2, 0) is 6.54 Å². The van der Waals surface area contributed by atoms with E-state index in [1.54, 1.807) is 0 Å². The molecule has 0 aliphatic rings. The molecule has 0 bridgehead atoms. The maximum absolute atomic E-state index is 4.61. The van der Waals surface area contributed by atoms with Crippen LogP contribution in [0.1, 0.15) is 24.0 Å². The number of nitrogens with zero attached hydrogens (tertiary/aromatic N) is 3. The van der Waals surface area contributed by atoms with E-state index in [-0.39, 0.29) is 0 Å². The van der Waals surface area contributed by atoms with Gasteiger partial charge in [-0.1, -0.05) is 6.07 Å². The first-order chi connectivity index (χ1) is 9.10. The number of pyridine rings is 2. The lowest BCUT2D eigenvalue weighted by molar-refractivity contribution is 0.787. The highest BCUT2D eigenvalue weighted by molar-refractivity contribution is 9.10. The highest BCUT2D eigenvalue weighted by Crippen LogP contribution is 2.20. The van der Waals surface area contributed by atoms with Gasteiger partial charge in [-0.3, -0.25) is 4.98 Å². The summed E-state index contributed by atoms with van der Waals surface area (Å²) >= 11 is 3.48. The van der Waals surface area contributed by atoms with E-state index in [2.05, 4.69) is 43.8 Å². The second-order valence-corrected chi connectivity index (χ2v) is 5.38. The normalized spacial score (nSPS) is 10.5. The summed E-state index contributed by atoms with van der Waals surface area (Å²) in [5.41, 5.74) is 3.13. The Balaban J connectivity index is 2.22. The summed E-state index contributed by atoms with van der Waals surface area (Å²) < 4.78 is 1.04. The van der Waals surface area contributed by atoms with Gasteiger partial charge in [0.25, 0.3) is 0 Å². The highest BCUT2D eigenvalue weighted by Gasteiger charge is 2.09. The zero-order valence-corrected chi connectivity index (χ0v) is 13.1. The zero-order valence-electron chi connectivity index (χ0n) is 11.5. The fourth-order valence-corrected chi connectivity index (χ4v) is 2.17. The van der Waals surface area contributed by atoms with Gasteiger partial charge in [0.2, 0.25) is 0 Å². The standard InChI is InChI=1S/C15H18BrN3/c1-4-19(10-13-7-5-6-11(2)17-13)15-9-8-14(16)12(3)18-15/h5-9H,4,10H2,1-3H3. The molecular weight excluding hydrogens is 302 g/mol. The molecule has 2 heterocycles. The summed E-state index contributed by atoms with van der Waals surface area (Å²) in [7, 11) is 0. The molecule has 0 saturated heterocycles. The number of hydrogen-bond donors (Lipinski definition) is 0. The fourth-order valence-electron chi connectivity index (χ4n) is 1.94. The maximum Gasteiger partial charge on any atom is 0.129 e. The van der Waals surface area contributed by atoms with Gasteiger partial charge in [-0.25, -0.2) is 4.98 Å². The third-order valence-corrected chi connectivity index (χ3v) is 3.85. The molecule has 100 valence electrons. The van der Waals surface area contributed by atoms with Crippen molar-refractivity contribution in [2.45, 2.75) is 27.3 Å². The summed E-state index contributed by atoms with van der Waals surface area (Å²) in [6.07, 6.45) is 0. The minimum Gasteiger partial charge on any atom is -0.351 e. The molecule has 2 aromatic heterocycles. The number of anilines is 1. The minimum absolute atomic E-state index is 0.784. The van der Waals surface area contributed by atoms with E-state index < -0.39 is 0 Å². The van der Waals surface area contributed by atoms with Crippen LogP contribution in [0, 0.1) is 13.8 Å². The van der Waals surface area contributed by atoms with E-state index in [1.807, 2.05) is 38.1 Å². The third kappa shape index (κ3) is 3.53. The third-order valence-electron chi connectivity index (χ3n) is 3.01. The Labute approximate surface area is 122 Å². The van der Waals surface area contributed by atoms with Gasteiger partial charge >= 0.3 is 0 Å². The quantitative estimate of drug-likeness (QED) is 0.856. The summed E-state index contributed by atoms with van der Waals surface area (Å²) in [4.78, 5) is 11.4. The molecule has 0 spiro atoms. The molecule has 4 heteroatoms. The van der Waals surface area contributed by atoms with Crippen LogP contribution in [0.3, 0.4) is 0 Å². The molecule has 0 atom stereocenters. The van der Waals surface area contributed by atoms with Crippen LogP contribution in [0.15, 0.2) is 34.8 Å². The van der Waals surface area contributed by atoms with Crippen LogP contribution in [0.5, 0.6) is 0 Å². The average Bonchev–Trinajstić information content (AvgIpc) is 2.39. The van der Waals surface area contributed by atoms with Crippen LogP contribution in [0.2, 0.25) is 0 Å². The molecule has 0 aromatic carbocycles. The first-order valence-corrected chi connectivity index (χ1v) is 7.20. The van der Waals surface area contributed by atoms with Crippen LogP contribution in [0.25, 0.3) is 0 Å². The number of rotatable bonds is 4. The Morgan fingerprint density at radius 1 is 1.11 bits per heavy atom. The van der Waals surface area contributed by atoms with E-state index in [4.69, 9.17) is 0 Å². The molecule has 0 aliphatic carbocycles. The molecule has 0 aliphatic heterocycles. The van der Waals surface area contributed by atoms with Crippen LogP contribution in [-0.4, -0.2) is 16.5 Å². The van der Waals surface area contributed by atoms with Crippen molar-refractivity contribution in [3.05, 3.63) is 51.9 Å². The predicted octanol–water partition coefficient (Wildman–Crippen LogP) is 3.88. The molecule has 0 fully saturated rings. The largest absolute Gasteiger partial charge is 0.351 e. The summed E-state index contributed by atoms with van der Waals surface area (Å²) in [5, 5.41) is 0. The lowest BCUT2D eigenvalue weighted by Gasteiger charge is -2.22. The number of halogens is 1. The number of hydrogen-bond acceptors (Lipinski definition) is 3. The summed E-state index contributed by atoms with van der Waals surface area (Å²) in [6, 6.07) is 10.2. The molecule has 0 radical (unpaired) electrons. The molecule has 19 heavy (non-hydrogen) atoms. The Hall–Kier alpha value is -1.42. The Kier molecular flexibility index (Phi) is 4.53. The van der Waals surface area contributed by atoms with Crippen molar-refractivity contribution in [1.82, 2.24) is 9.97 Å². The van der Waals surface area contributed by atoms with Crippen molar-refractivity contribution in [3.8, 4) is 0 Å². The average molecular weight is 320 g/mol. The highest BCUT2D eigenvalue weighted by atomic mass is 79.9. The van der Waals surface area contributed by atoms with E-state index in [1.165, 1.54) is 0 Å². The van der Waals surface area contributed by atoms with Crippen molar-refractivity contribution >= 4 is 21.7 Å². The van der Waals surface area contributed by atoms with Gasteiger partial charge in [0, 0.05) is 16.7 Å². The molecule has 0 saturated carbocycles. The first-order valence-electron chi connectivity index (χ1n) is 6.40. The number of aryl methyl sites for hydroxylation is 2. The smallest absolute Gasteiger partial charge is 0.129 e. The van der Waals surface area contributed by atoms with Crippen LogP contribution < -0.4 is 4.90 Å². The van der Waals surface area contributed by atoms with E-state index in [0.717, 1.165) is 40.5 Å². The molecule has 0 N–H and O–H groups in total. The van der Waals surface area contributed by atoms with Gasteiger partial charge in [-0.15, -0.1) is 0 Å². The predicted molar refractivity (Wildman–Crippen MR) is 82.4 cm³/mol.